The van der Waals surface area contributed by atoms with Crippen LogP contribution in [0.25, 0.3) is 0 Å². The second kappa shape index (κ2) is 5.69. The lowest BCUT2D eigenvalue weighted by Gasteiger charge is -2.07. The van der Waals surface area contributed by atoms with E-state index in [0.717, 1.165) is 0 Å². The second-order valence-corrected chi connectivity index (χ2v) is 3.16. The van der Waals surface area contributed by atoms with Crippen LogP contribution in [0.5, 0.6) is 0 Å². The molecule has 0 atom stereocenters. The van der Waals surface area contributed by atoms with Gasteiger partial charge in [0.15, 0.2) is 0 Å². The van der Waals surface area contributed by atoms with Crippen molar-refractivity contribution >= 4 is 23.0 Å². The number of hydrogen-bond donors (Lipinski definition) is 2. The van der Waals surface area contributed by atoms with E-state index in [1.807, 2.05) is 0 Å². The van der Waals surface area contributed by atoms with Crippen LogP contribution < -0.4 is 11.1 Å². The monoisotopic (exact) mass is 239 g/mol. The molecule has 0 saturated heterocycles. The Morgan fingerprint density at radius 2 is 2.29 bits per heavy atom. The average Bonchev–Trinajstić information content (AvgIpc) is 2.26. The number of nitro benzene ring substituents is 1. The van der Waals surface area contributed by atoms with Crippen LogP contribution in [-0.4, -0.2) is 24.0 Å². The molecule has 0 heterocycles. The first-order valence-corrected chi connectivity index (χ1v) is 4.98. The van der Waals surface area contributed by atoms with Gasteiger partial charge >= 0.3 is 11.7 Å². The quantitative estimate of drug-likeness (QED) is 0.345. The molecule has 0 amide bonds. The molecule has 1 aromatic rings. The zero-order chi connectivity index (χ0) is 12.8. The van der Waals surface area contributed by atoms with Gasteiger partial charge in [-0.25, -0.2) is 0 Å². The van der Waals surface area contributed by atoms with Gasteiger partial charge in [0.05, 0.1) is 11.5 Å². The Bertz CT molecular complexity index is 434. The molecular weight excluding hydrogens is 226 g/mol. The number of nitrogens with two attached hydrogens (primary N) is 1. The van der Waals surface area contributed by atoms with E-state index in [1.165, 1.54) is 12.1 Å². The van der Waals surface area contributed by atoms with Gasteiger partial charge < -0.3 is 15.8 Å². The summed E-state index contributed by atoms with van der Waals surface area (Å²) in [5.74, 6) is -0.482. The summed E-state index contributed by atoms with van der Waals surface area (Å²) >= 11 is 0. The van der Waals surface area contributed by atoms with Crippen molar-refractivity contribution in [3.05, 3.63) is 28.3 Å². The van der Waals surface area contributed by atoms with Crippen molar-refractivity contribution in [3.63, 3.8) is 0 Å². The highest BCUT2D eigenvalue weighted by Crippen LogP contribution is 2.30. The molecule has 1 aromatic carbocycles. The number of nitrogens with zero attached hydrogens (tertiary/aromatic N) is 1. The van der Waals surface area contributed by atoms with Crippen LogP contribution >= 0.6 is 0 Å². The maximum atomic E-state index is 11.1. The number of hydrogen-bond acceptors (Lipinski definition) is 6. The summed E-state index contributed by atoms with van der Waals surface area (Å²) in [6, 6.07) is 4.47. The van der Waals surface area contributed by atoms with Gasteiger partial charge in [0.25, 0.3) is 0 Å². The largest absolute Gasteiger partial charge is 0.465 e. The number of nitrogen functional groups attached to an aromatic ring is 1. The minimum atomic E-state index is -0.594. The molecular formula is C10H13N3O4. The van der Waals surface area contributed by atoms with Crippen LogP contribution in [-0.2, 0) is 9.53 Å². The number of ether oxygens (including phenoxy) is 1. The molecule has 0 aliphatic rings. The highest BCUT2D eigenvalue weighted by Gasteiger charge is 2.17. The molecule has 0 fully saturated rings. The first-order valence-electron chi connectivity index (χ1n) is 4.98. The summed E-state index contributed by atoms with van der Waals surface area (Å²) < 4.78 is 4.69. The van der Waals surface area contributed by atoms with E-state index < -0.39 is 10.9 Å². The summed E-state index contributed by atoms with van der Waals surface area (Å²) in [4.78, 5) is 21.3. The summed E-state index contributed by atoms with van der Waals surface area (Å²) in [6.45, 7) is 1.80. The number of para-hydroxylation sites is 1. The topological polar surface area (TPSA) is 107 Å². The Morgan fingerprint density at radius 3 is 2.88 bits per heavy atom. The van der Waals surface area contributed by atoms with Gasteiger partial charge in [0, 0.05) is 0 Å². The van der Waals surface area contributed by atoms with Gasteiger partial charge in [-0.3, -0.25) is 14.9 Å². The zero-order valence-corrected chi connectivity index (χ0v) is 9.30. The third-order valence-corrected chi connectivity index (χ3v) is 1.98. The fourth-order valence-corrected chi connectivity index (χ4v) is 1.29. The summed E-state index contributed by atoms with van der Waals surface area (Å²) in [7, 11) is 0. The minimum absolute atomic E-state index is 0.0452. The normalized spacial score (nSPS) is 9.71. The molecule has 7 nitrogen and oxygen atoms in total. The second-order valence-electron chi connectivity index (χ2n) is 3.16. The van der Waals surface area contributed by atoms with Crippen molar-refractivity contribution in [3.8, 4) is 0 Å². The zero-order valence-electron chi connectivity index (χ0n) is 9.30. The van der Waals surface area contributed by atoms with Crippen molar-refractivity contribution in [2.45, 2.75) is 6.92 Å². The van der Waals surface area contributed by atoms with Gasteiger partial charge in [0.1, 0.15) is 17.9 Å². The first kappa shape index (κ1) is 12.8. The van der Waals surface area contributed by atoms with Crippen molar-refractivity contribution < 1.29 is 14.5 Å². The number of esters is 1. The highest BCUT2D eigenvalue weighted by molar-refractivity contribution is 5.80. The minimum Gasteiger partial charge on any atom is -0.465 e. The van der Waals surface area contributed by atoms with Gasteiger partial charge in [-0.15, -0.1) is 0 Å². The van der Waals surface area contributed by atoms with E-state index in [9.17, 15) is 14.9 Å². The van der Waals surface area contributed by atoms with Gasteiger partial charge in [0.2, 0.25) is 0 Å². The summed E-state index contributed by atoms with van der Waals surface area (Å²) in [5, 5.41) is 13.4. The van der Waals surface area contributed by atoms with Gasteiger partial charge in [-0.05, 0) is 19.1 Å². The lowest BCUT2D eigenvalue weighted by molar-refractivity contribution is -0.383. The fourth-order valence-electron chi connectivity index (χ4n) is 1.29. The highest BCUT2D eigenvalue weighted by atomic mass is 16.6. The smallest absolute Gasteiger partial charge is 0.325 e. The molecule has 7 heteroatoms. The van der Waals surface area contributed by atoms with E-state index in [2.05, 4.69) is 5.32 Å². The fraction of sp³-hybridized carbons (Fsp3) is 0.300. The molecule has 0 spiro atoms. The SMILES string of the molecule is CCOC(=O)CNc1cccc(N)c1[N+](=O)[O-]. The van der Waals surface area contributed by atoms with E-state index in [1.54, 1.807) is 13.0 Å². The van der Waals surface area contributed by atoms with Crippen LogP contribution in [0.2, 0.25) is 0 Å². The Morgan fingerprint density at radius 1 is 1.59 bits per heavy atom. The van der Waals surface area contributed by atoms with Crippen molar-refractivity contribution in [2.24, 2.45) is 0 Å². The number of carbonyl (C=O) groups excluding carboxylic acids is 1. The van der Waals surface area contributed by atoms with Crippen LogP contribution in [0.1, 0.15) is 6.92 Å². The lowest BCUT2D eigenvalue weighted by Crippen LogP contribution is -2.17. The molecule has 0 aliphatic heterocycles. The molecule has 0 radical (unpaired) electrons. The molecule has 92 valence electrons. The number of anilines is 2. The Kier molecular flexibility index (Phi) is 4.27. The van der Waals surface area contributed by atoms with Crippen molar-refractivity contribution in [1.82, 2.24) is 0 Å². The standard InChI is InChI=1S/C10H13N3O4/c1-2-17-9(14)6-12-8-5-3-4-7(11)10(8)13(15)16/h3-5,12H,2,6,11H2,1H3. The maximum absolute atomic E-state index is 11.1. The van der Waals surface area contributed by atoms with E-state index >= 15 is 0 Å². The Hall–Kier alpha value is -2.31. The lowest BCUT2D eigenvalue weighted by atomic mass is 10.2. The predicted molar refractivity (Wildman–Crippen MR) is 62.6 cm³/mol. The summed E-state index contributed by atoms with van der Waals surface area (Å²) in [5.41, 5.74) is 5.49. The van der Waals surface area contributed by atoms with Crippen molar-refractivity contribution in [1.29, 1.82) is 0 Å². The summed E-state index contributed by atoms with van der Waals surface area (Å²) in [6.07, 6.45) is 0. The maximum Gasteiger partial charge on any atom is 0.325 e. The van der Waals surface area contributed by atoms with Gasteiger partial charge in [-0.2, -0.15) is 0 Å². The molecule has 0 bridgehead atoms. The Labute approximate surface area is 97.7 Å². The average molecular weight is 239 g/mol. The van der Waals surface area contributed by atoms with E-state index in [-0.39, 0.29) is 30.2 Å². The van der Waals surface area contributed by atoms with E-state index in [0.29, 0.717) is 0 Å². The van der Waals surface area contributed by atoms with Crippen LogP contribution in [0.3, 0.4) is 0 Å². The van der Waals surface area contributed by atoms with Crippen LogP contribution in [0.4, 0.5) is 17.1 Å². The van der Waals surface area contributed by atoms with E-state index in [4.69, 9.17) is 10.5 Å². The van der Waals surface area contributed by atoms with Crippen LogP contribution in [0, 0.1) is 10.1 Å². The third kappa shape index (κ3) is 3.33. The number of rotatable bonds is 5. The number of nitro groups is 1. The number of nitrogens with one attached hydrogen (secondary N) is 1. The van der Waals surface area contributed by atoms with Crippen LogP contribution in [0.15, 0.2) is 18.2 Å². The molecule has 3 N–H and O–H groups in total. The Balaban J connectivity index is 2.81. The molecule has 0 saturated carbocycles. The molecule has 0 aliphatic carbocycles. The molecule has 0 aromatic heterocycles. The number of carbonyl (C=O) groups is 1. The predicted octanol–water partition coefficient (Wildman–Crippen LogP) is 1.15. The number of benzene rings is 1. The molecule has 0 unspecified atom stereocenters. The molecule has 17 heavy (non-hydrogen) atoms. The first-order chi connectivity index (χ1) is 8.06. The van der Waals surface area contributed by atoms with Crippen molar-refractivity contribution in [2.75, 3.05) is 24.2 Å². The van der Waals surface area contributed by atoms with Gasteiger partial charge in [-0.1, -0.05) is 6.07 Å². The third-order valence-electron chi connectivity index (χ3n) is 1.98. The molecule has 1 rings (SSSR count).